The van der Waals surface area contributed by atoms with E-state index >= 15 is 0 Å². The highest BCUT2D eigenvalue weighted by molar-refractivity contribution is 7.99. The molecule has 1 aromatic rings. The summed E-state index contributed by atoms with van der Waals surface area (Å²) in [6.07, 6.45) is 0. The summed E-state index contributed by atoms with van der Waals surface area (Å²) in [4.78, 5) is 5.12. The molecule has 4 heteroatoms. The van der Waals surface area contributed by atoms with E-state index in [9.17, 15) is 0 Å². The van der Waals surface area contributed by atoms with Gasteiger partial charge in [0.15, 0.2) is 0 Å². The van der Waals surface area contributed by atoms with E-state index in [1.807, 2.05) is 19.9 Å². The fourth-order valence-electron chi connectivity index (χ4n) is 1.20. The van der Waals surface area contributed by atoms with Crippen molar-refractivity contribution in [3.05, 3.63) is 23.0 Å². The molecule has 0 atom stereocenters. The van der Waals surface area contributed by atoms with Crippen molar-refractivity contribution in [2.24, 2.45) is 0 Å². The molecule has 0 amide bonds. The Kier molecular flexibility index (Phi) is 3.93. The molecule has 0 aliphatic rings. The molecule has 0 spiro atoms. The van der Waals surface area contributed by atoms with Crippen molar-refractivity contribution < 1.29 is 5.11 Å². The smallest absolute Gasteiger partial charge is 0.102 e. The molecule has 0 aromatic carbocycles. The standard InChI is InChI=1S/C10H12N2OS/c1-7-5-10(14-4-3-13)9(6-11)8(2)12-7/h5,13H,3-4H2,1-2H3. The molecule has 1 N–H and O–H groups in total. The van der Waals surface area contributed by atoms with E-state index in [0.717, 1.165) is 16.3 Å². The number of pyridine rings is 1. The Bertz CT molecular complexity index is 371. The predicted octanol–water partition coefficient (Wildman–Crippen LogP) is 1.65. The number of nitrogens with zero attached hydrogens (tertiary/aromatic N) is 2. The average Bonchev–Trinajstić information content (AvgIpc) is 2.14. The van der Waals surface area contributed by atoms with Crippen LogP contribution in [0.5, 0.6) is 0 Å². The Labute approximate surface area is 87.8 Å². The minimum atomic E-state index is 0.121. The van der Waals surface area contributed by atoms with Crippen LogP contribution in [-0.4, -0.2) is 22.5 Å². The number of hydrogen-bond acceptors (Lipinski definition) is 4. The summed E-state index contributed by atoms with van der Waals surface area (Å²) in [6.45, 7) is 3.85. The van der Waals surface area contributed by atoms with Gasteiger partial charge >= 0.3 is 0 Å². The van der Waals surface area contributed by atoms with Gasteiger partial charge in [-0.3, -0.25) is 4.98 Å². The SMILES string of the molecule is Cc1cc(SCCO)c(C#N)c(C)n1. The van der Waals surface area contributed by atoms with E-state index in [-0.39, 0.29) is 6.61 Å². The quantitative estimate of drug-likeness (QED) is 0.767. The summed E-state index contributed by atoms with van der Waals surface area (Å²) >= 11 is 1.49. The lowest BCUT2D eigenvalue weighted by molar-refractivity contribution is 0.322. The van der Waals surface area contributed by atoms with Crippen molar-refractivity contribution in [1.29, 1.82) is 5.26 Å². The zero-order valence-electron chi connectivity index (χ0n) is 8.24. The van der Waals surface area contributed by atoms with Gasteiger partial charge in [0.1, 0.15) is 6.07 Å². The molecule has 0 radical (unpaired) electrons. The number of nitriles is 1. The van der Waals surface area contributed by atoms with Crippen LogP contribution in [0.4, 0.5) is 0 Å². The van der Waals surface area contributed by atoms with Crippen molar-refractivity contribution in [2.45, 2.75) is 18.7 Å². The van der Waals surface area contributed by atoms with Crippen molar-refractivity contribution in [3.8, 4) is 6.07 Å². The lowest BCUT2D eigenvalue weighted by Gasteiger charge is -2.06. The van der Waals surface area contributed by atoms with Gasteiger partial charge in [0.25, 0.3) is 0 Å². The fourth-order valence-corrected chi connectivity index (χ4v) is 2.10. The first-order valence-electron chi connectivity index (χ1n) is 4.31. The van der Waals surface area contributed by atoms with Crippen LogP contribution in [0.15, 0.2) is 11.0 Å². The second-order valence-corrected chi connectivity index (χ2v) is 4.04. The molecule has 0 unspecified atom stereocenters. The van der Waals surface area contributed by atoms with Crippen LogP contribution in [0.2, 0.25) is 0 Å². The second kappa shape index (κ2) is 4.99. The molecule has 0 bridgehead atoms. The number of rotatable bonds is 3. The van der Waals surface area contributed by atoms with Crippen molar-refractivity contribution in [2.75, 3.05) is 12.4 Å². The van der Waals surface area contributed by atoms with Crippen molar-refractivity contribution in [1.82, 2.24) is 4.98 Å². The van der Waals surface area contributed by atoms with Crippen LogP contribution in [0.1, 0.15) is 17.0 Å². The topological polar surface area (TPSA) is 56.9 Å². The molecule has 74 valence electrons. The molecule has 14 heavy (non-hydrogen) atoms. The first-order chi connectivity index (χ1) is 6.69. The summed E-state index contributed by atoms with van der Waals surface area (Å²) in [5.74, 6) is 0.609. The maximum Gasteiger partial charge on any atom is 0.102 e. The molecule has 0 saturated heterocycles. The normalized spacial score (nSPS) is 9.86. The minimum absolute atomic E-state index is 0.121. The second-order valence-electron chi connectivity index (χ2n) is 2.91. The largest absolute Gasteiger partial charge is 0.396 e. The number of hydrogen-bond donors (Lipinski definition) is 1. The summed E-state index contributed by atoms with van der Waals surface area (Å²) in [5.41, 5.74) is 2.28. The third-order valence-electron chi connectivity index (χ3n) is 1.75. The molecule has 0 fully saturated rings. The maximum absolute atomic E-state index is 8.92. The number of aromatic nitrogens is 1. The Balaban J connectivity index is 3.07. The molecule has 1 rings (SSSR count). The van der Waals surface area contributed by atoms with Crippen molar-refractivity contribution >= 4 is 11.8 Å². The Hall–Kier alpha value is -1.05. The first kappa shape index (κ1) is 11.0. The van der Waals surface area contributed by atoms with Gasteiger partial charge in [-0.15, -0.1) is 11.8 Å². The molecule has 1 heterocycles. The predicted molar refractivity (Wildman–Crippen MR) is 56.2 cm³/mol. The van der Waals surface area contributed by atoms with Gasteiger partial charge in [-0.2, -0.15) is 5.26 Å². The Morgan fingerprint density at radius 3 is 2.86 bits per heavy atom. The van der Waals surface area contributed by atoms with Gasteiger partial charge in [-0.05, 0) is 19.9 Å². The monoisotopic (exact) mass is 208 g/mol. The number of aliphatic hydroxyl groups is 1. The average molecular weight is 208 g/mol. The molecule has 0 aliphatic heterocycles. The molecular formula is C10H12N2OS. The van der Waals surface area contributed by atoms with E-state index in [2.05, 4.69) is 11.1 Å². The zero-order valence-corrected chi connectivity index (χ0v) is 9.06. The lowest BCUT2D eigenvalue weighted by atomic mass is 10.2. The summed E-state index contributed by atoms with van der Waals surface area (Å²) < 4.78 is 0. The number of thioether (sulfide) groups is 1. The highest BCUT2D eigenvalue weighted by Gasteiger charge is 2.07. The van der Waals surface area contributed by atoms with Crippen LogP contribution < -0.4 is 0 Å². The van der Waals surface area contributed by atoms with Crippen LogP contribution in [-0.2, 0) is 0 Å². The van der Waals surface area contributed by atoms with E-state index in [0.29, 0.717) is 11.3 Å². The number of aryl methyl sites for hydroxylation is 2. The minimum Gasteiger partial charge on any atom is -0.396 e. The highest BCUT2D eigenvalue weighted by Crippen LogP contribution is 2.24. The first-order valence-corrected chi connectivity index (χ1v) is 5.29. The van der Waals surface area contributed by atoms with Crippen LogP contribution in [0.3, 0.4) is 0 Å². The molecule has 0 saturated carbocycles. The lowest BCUT2D eigenvalue weighted by Crippen LogP contribution is -1.95. The Morgan fingerprint density at radius 2 is 2.29 bits per heavy atom. The van der Waals surface area contributed by atoms with Gasteiger partial charge in [0, 0.05) is 16.3 Å². The third-order valence-corrected chi connectivity index (χ3v) is 2.77. The maximum atomic E-state index is 8.92. The highest BCUT2D eigenvalue weighted by atomic mass is 32.2. The van der Waals surface area contributed by atoms with E-state index < -0.39 is 0 Å². The van der Waals surface area contributed by atoms with Crippen LogP contribution >= 0.6 is 11.8 Å². The van der Waals surface area contributed by atoms with E-state index in [4.69, 9.17) is 10.4 Å². The van der Waals surface area contributed by atoms with Crippen molar-refractivity contribution in [3.63, 3.8) is 0 Å². The molecule has 0 aliphatic carbocycles. The van der Waals surface area contributed by atoms with Crippen LogP contribution in [0.25, 0.3) is 0 Å². The fraction of sp³-hybridized carbons (Fsp3) is 0.400. The number of aliphatic hydroxyl groups excluding tert-OH is 1. The van der Waals surface area contributed by atoms with Gasteiger partial charge in [0.05, 0.1) is 17.9 Å². The molecule has 1 aromatic heterocycles. The summed E-state index contributed by atoms with van der Waals surface area (Å²) in [5, 5.41) is 17.6. The van der Waals surface area contributed by atoms with Gasteiger partial charge in [0.2, 0.25) is 0 Å². The third kappa shape index (κ3) is 2.47. The molecular weight excluding hydrogens is 196 g/mol. The van der Waals surface area contributed by atoms with Crippen LogP contribution in [0, 0.1) is 25.2 Å². The van der Waals surface area contributed by atoms with Gasteiger partial charge in [-0.25, -0.2) is 0 Å². The molecule has 3 nitrogen and oxygen atoms in total. The summed E-state index contributed by atoms with van der Waals surface area (Å²) in [6, 6.07) is 4.02. The van der Waals surface area contributed by atoms with Gasteiger partial charge in [-0.1, -0.05) is 0 Å². The van der Waals surface area contributed by atoms with E-state index in [1.54, 1.807) is 0 Å². The summed E-state index contributed by atoms with van der Waals surface area (Å²) in [7, 11) is 0. The van der Waals surface area contributed by atoms with E-state index in [1.165, 1.54) is 11.8 Å². The Morgan fingerprint density at radius 1 is 1.57 bits per heavy atom. The van der Waals surface area contributed by atoms with Gasteiger partial charge < -0.3 is 5.11 Å². The zero-order chi connectivity index (χ0) is 10.6.